The van der Waals surface area contributed by atoms with Gasteiger partial charge in [0, 0.05) is 50.1 Å². The molecule has 4 aromatic heterocycles. The number of benzene rings is 2. The average Bonchev–Trinajstić information content (AvgIpc) is 4.01. The van der Waals surface area contributed by atoms with E-state index in [1.807, 2.05) is 52.7 Å². The Hall–Kier alpha value is -6.80. The van der Waals surface area contributed by atoms with Gasteiger partial charge in [-0.3, -0.25) is 34.2 Å². The number of rotatable bonds is 15. The summed E-state index contributed by atoms with van der Waals surface area (Å²) < 4.78 is 55.9. The molecule has 2 aliphatic rings. The van der Waals surface area contributed by atoms with E-state index in [4.69, 9.17) is 13.6 Å². The van der Waals surface area contributed by atoms with Crippen molar-refractivity contribution in [1.82, 2.24) is 40.4 Å². The van der Waals surface area contributed by atoms with Crippen molar-refractivity contribution in [2.24, 2.45) is 5.92 Å². The zero-order valence-electron chi connectivity index (χ0n) is 35.0. The van der Waals surface area contributed by atoms with Crippen molar-refractivity contribution in [1.29, 1.82) is 0 Å². The number of nitrogens with zero attached hydrogens (tertiary/aromatic N) is 6. The van der Waals surface area contributed by atoms with Crippen molar-refractivity contribution >= 4 is 18.1 Å². The third kappa shape index (κ3) is 12.9. The summed E-state index contributed by atoms with van der Waals surface area (Å²) in [5.41, 5.74) is 2.76. The maximum absolute atomic E-state index is 13.9. The normalized spacial score (nSPS) is 18.5. The fraction of sp³-hybridized carbons (Fsp3) is 0.326. The number of amides is 2. The highest BCUT2D eigenvalue weighted by molar-refractivity contribution is 5.82. The maximum atomic E-state index is 13.9. The zero-order valence-corrected chi connectivity index (χ0v) is 35.0. The number of oxazole rings is 2. The monoisotopic (exact) mass is 896 g/mol. The Labute approximate surface area is 371 Å². The second-order valence-electron chi connectivity index (χ2n) is 15.5. The molecule has 1 fully saturated rings. The van der Waals surface area contributed by atoms with Gasteiger partial charge in [-0.1, -0.05) is 60.7 Å². The molecule has 0 radical (unpaired) electrons. The number of aliphatic hydroxyl groups excluding tert-OH is 2. The molecule has 0 spiro atoms. The molecule has 0 bridgehead atoms. The summed E-state index contributed by atoms with van der Waals surface area (Å²) in [4.78, 5) is 57.3. The number of pyridine rings is 2. The van der Waals surface area contributed by atoms with Crippen molar-refractivity contribution < 1.29 is 51.3 Å². The van der Waals surface area contributed by atoms with E-state index in [9.17, 15) is 37.8 Å². The lowest BCUT2D eigenvalue weighted by Crippen LogP contribution is -2.60. The Kier molecular flexibility index (Phi) is 15.4. The van der Waals surface area contributed by atoms with Crippen molar-refractivity contribution in [2.45, 2.75) is 49.9 Å². The molecule has 0 saturated carbocycles. The first-order chi connectivity index (χ1) is 31.4. The largest absolute Gasteiger partial charge is 0.490 e. The lowest BCUT2D eigenvalue weighted by atomic mass is 9.90. The van der Waals surface area contributed by atoms with Crippen LogP contribution in [0, 0.1) is 5.92 Å². The molecule has 340 valence electrons. The van der Waals surface area contributed by atoms with Gasteiger partial charge in [-0.2, -0.15) is 13.2 Å². The molecule has 19 heteroatoms. The van der Waals surface area contributed by atoms with E-state index in [1.54, 1.807) is 72.0 Å². The smallest absolute Gasteiger partial charge is 0.405 e. The molecule has 8 rings (SSSR count). The van der Waals surface area contributed by atoms with Gasteiger partial charge in [-0.05, 0) is 48.7 Å². The lowest BCUT2D eigenvalue weighted by Gasteiger charge is -2.41. The van der Waals surface area contributed by atoms with Crippen molar-refractivity contribution in [2.75, 3.05) is 39.3 Å². The molecule has 2 aromatic carbocycles. The van der Waals surface area contributed by atoms with E-state index in [0.717, 1.165) is 5.56 Å². The molecule has 2 aliphatic heterocycles. The SMILES string of the molecule is O=C(N[C@H]1c2ccccc2OC[C@H]1O)[C@H](Cc1ccccc1)C[C@H](O)CN1CCN(Cc2ncc(-c3ccccn3)o2)C[C@H]1C(=O)NCC(F)(F)F.O=Cc1ncc(-c2ccccn2)o1. The third-order valence-corrected chi connectivity index (χ3v) is 10.8. The molecule has 5 atom stereocenters. The first-order valence-corrected chi connectivity index (χ1v) is 20.8. The van der Waals surface area contributed by atoms with Crippen LogP contribution in [0.1, 0.15) is 40.2 Å². The summed E-state index contributed by atoms with van der Waals surface area (Å²) in [6, 6.07) is 25.4. The van der Waals surface area contributed by atoms with Crippen LogP contribution in [0.2, 0.25) is 0 Å². The van der Waals surface area contributed by atoms with Gasteiger partial charge in [-0.15, -0.1) is 0 Å². The van der Waals surface area contributed by atoms with Crippen LogP contribution in [0.5, 0.6) is 5.75 Å². The number of aromatic nitrogens is 4. The molecule has 0 unspecified atom stereocenters. The minimum Gasteiger partial charge on any atom is -0.490 e. The topological polar surface area (TPSA) is 209 Å². The summed E-state index contributed by atoms with van der Waals surface area (Å²) in [5.74, 6) is -0.00844. The molecule has 0 aliphatic carbocycles. The molecule has 2 amide bonds. The number of carbonyl (C=O) groups is 3. The summed E-state index contributed by atoms with van der Waals surface area (Å²) >= 11 is 0. The van der Waals surface area contributed by atoms with Crippen LogP contribution in [0.4, 0.5) is 13.2 Å². The number of hydrogen-bond acceptors (Lipinski definition) is 14. The summed E-state index contributed by atoms with van der Waals surface area (Å²) in [5, 5.41) is 27.2. The summed E-state index contributed by atoms with van der Waals surface area (Å²) in [7, 11) is 0. The van der Waals surface area contributed by atoms with E-state index in [2.05, 4.69) is 25.3 Å². The highest BCUT2D eigenvalue weighted by Gasteiger charge is 2.38. The first kappa shape index (κ1) is 46.2. The number of piperazine rings is 1. The number of nitrogens with one attached hydrogen (secondary N) is 2. The number of fused-ring (bicyclic) bond motifs is 1. The number of carbonyl (C=O) groups excluding carboxylic acids is 3. The Morgan fingerprint density at radius 3 is 2.22 bits per heavy atom. The molecule has 6 aromatic rings. The molecule has 6 heterocycles. The van der Waals surface area contributed by atoms with E-state index in [1.165, 1.54) is 6.20 Å². The molecular formula is C46H47F3N8O8. The number of aliphatic hydroxyl groups is 2. The van der Waals surface area contributed by atoms with Crippen LogP contribution in [0.25, 0.3) is 22.9 Å². The van der Waals surface area contributed by atoms with E-state index in [0.29, 0.717) is 52.9 Å². The van der Waals surface area contributed by atoms with Crippen molar-refractivity contribution in [3.8, 4) is 28.7 Å². The molecule has 65 heavy (non-hydrogen) atoms. The van der Waals surface area contributed by atoms with Crippen LogP contribution < -0.4 is 15.4 Å². The fourth-order valence-corrected chi connectivity index (χ4v) is 7.61. The fourth-order valence-electron chi connectivity index (χ4n) is 7.61. The van der Waals surface area contributed by atoms with Crippen LogP contribution in [-0.4, -0.2) is 122 Å². The van der Waals surface area contributed by atoms with Crippen LogP contribution in [-0.2, 0) is 22.6 Å². The second-order valence-corrected chi connectivity index (χ2v) is 15.5. The van der Waals surface area contributed by atoms with Crippen molar-refractivity contribution in [3.63, 3.8) is 0 Å². The van der Waals surface area contributed by atoms with Gasteiger partial charge in [0.25, 0.3) is 5.89 Å². The first-order valence-electron chi connectivity index (χ1n) is 20.8. The zero-order chi connectivity index (χ0) is 45.8. The number of para-hydroxylation sites is 1. The standard InChI is InChI=1S/C37H41F3N6O6.C9H6N2O2/c38-37(39,40)23-43-36(50)29-20-45(21-33-42-18-32(52-33)28-11-6-7-13-41-28)14-15-46(29)19-26(47)17-25(16-24-8-2-1-3-9-24)35(49)44-34-27-10-4-5-12-31(27)51-22-30(34)48;12-6-9-11-5-8(13-9)7-3-1-2-4-10-7/h1-13,18,25-26,29-30,34,47-48H,14-17,19-23H2,(H,43,50)(H,44,49);1-6H/t25-,26+,29+,30-,34+;/m1./s1. The number of β-amino-alcohol motifs (C(OH)–C–C–N with tert-alkyl or cyclic N) is 1. The molecule has 1 saturated heterocycles. The number of ether oxygens (including phenoxy) is 1. The quantitative estimate of drug-likeness (QED) is 0.103. The summed E-state index contributed by atoms with van der Waals surface area (Å²) in [6.07, 6.45) is 0.412. The lowest BCUT2D eigenvalue weighted by molar-refractivity contribution is -0.143. The molecule has 16 nitrogen and oxygen atoms in total. The minimum absolute atomic E-state index is 0.000906. The van der Waals surface area contributed by atoms with Gasteiger partial charge in [0.2, 0.25) is 24.0 Å². The molecule has 4 N–H and O–H groups in total. The van der Waals surface area contributed by atoms with Gasteiger partial charge in [0.05, 0.1) is 31.1 Å². The number of aldehydes is 1. The van der Waals surface area contributed by atoms with E-state index >= 15 is 0 Å². The predicted molar refractivity (Wildman–Crippen MR) is 228 cm³/mol. The Morgan fingerprint density at radius 1 is 0.862 bits per heavy atom. The Morgan fingerprint density at radius 2 is 1.54 bits per heavy atom. The van der Waals surface area contributed by atoms with Gasteiger partial charge in [0.15, 0.2) is 11.5 Å². The highest BCUT2D eigenvalue weighted by atomic mass is 19.4. The number of halogens is 3. The summed E-state index contributed by atoms with van der Waals surface area (Å²) in [6.45, 7) is -0.658. The number of hydrogen-bond donors (Lipinski definition) is 4. The van der Waals surface area contributed by atoms with E-state index < -0.39 is 48.8 Å². The maximum Gasteiger partial charge on any atom is 0.405 e. The third-order valence-electron chi connectivity index (χ3n) is 10.8. The van der Waals surface area contributed by atoms with Crippen LogP contribution in [0.15, 0.2) is 125 Å². The van der Waals surface area contributed by atoms with Crippen LogP contribution >= 0.6 is 0 Å². The van der Waals surface area contributed by atoms with Gasteiger partial charge in [-0.25, -0.2) is 9.97 Å². The van der Waals surface area contributed by atoms with Gasteiger partial charge >= 0.3 is 6.18 Å². The molecular weight excluding hydrogens is 850 g/mol. The van der Waals surface area contributed by atoms with Crippen molar-refractivity contribution in [3.05, 3.63) is 139 Å². The number of alkyl halides is 3. The minimum atomic E-state index is -4.61. The predicted octanol–water partition coefficient (Wildman–Crippen LogP) is 4.67. The van der Waals surface area contributed by atoms with Gasteiger partial charge < -0.3 is 34.4 Å². The average molecular weight is 897 g/mol. The Balaban J connectivity index is 0.000000413. The Bertz CT molecular complexity index is 2460. The highest BCUT2D eigenvalue weighted by Crippen LogP contribution is 2.33. The van der Waals surface area contributed by atoms with Gasteiger partial charge in [0.1, 0.15) is 42.4 Å². The van der Waals surface area contributed by atoms with Crippen LogP contribution in [0.3, 0.4) is 0 Å². The second kappa shape index (κ2) is 21.7. The van der Waals surface area contributed by atoms with E-state index in [-0.39, 0.29) is 57.4 Å².